The summed E-state index contributed by atoms with van der Waals surface area (Å²) in [5, 5.41) is 27.5. The molecule has 1 aliphatic rings. The smallest absolute Gasteiger partial charge is 0.200 e. The monoisotopic (exact) mass is 368 g/mol. The number of rotatable bonds is 3. The molecule has 1 aliphatic heterocycles. The van der Waals surface area contributed by atoms with Crippen molar-refractivity contribution in [1.29, 1.82) is 0 Å². The lowest BCUT2D eigenvalue weighted by atomic mass is 10.1. The fourth-order valence-electron chi connectivity index (χ4n) is 3.49. The molecule has 0 saturated heterocycles. The number of H-pyrrole nitrogens is 1. The molecule has 0 saturated carbocycles. The highest BCUT2D eigenvalue weighted by atomic mass is 32.1. The number of hydrogen-bond donors (Lipinski definition) is 3. The fourth-order valence-corrected chi connectivity index (χ4v) is 3.73. The minimum Gasteiger partial charge on any atom is -0.508 e. The third-order valence-electron chi connectivity index (χ3n) is 4.94. The number of aromatic nitrogens is 3. The fraction of sp³-hybridized carbons (Fsp3) is 0.263. The zero-order chi connectivity index (χ0) is 18.4. The van der Waals surface area contributed by atoms with Crippen molar-refractivity contribution in [3.8, 4) is 28.6 Å². The number of aromatic amines is 1. The van der Waals surface area contributed by atoms with Gasteiger partial charge >= 0.3 is 0 Å². The predicted molar refractivity (Wildman–Crippen MR) is 104 cm³/mol. The minimum absolute atomic E-state index is 0.0316. The van der Waals surface area contributed by atoms with Crippen molar-refractivity contribution in [3.63, 3.8) is 0 Å². The molecule has 0 fully saturated rings. The Balaban J connectivity index is 1.89. The molecule has 0 aliphatic carbocycles. The molecular formula is C19H20N4O2S. The number of aromatic hydroxyl groups is 2. The first-order valence-electron chi connectivity index (χ1n) is 8.56. The summed E-state index contributed by atoms with van der Waals surface area (Å²) < 4.78 is 2.27. The molecular weight excluding hydrogens is 348 g/mol. The maximum absolute atomic E-state index is 10.4. The van der Waals surface area contributed by atoms with E-state index in [2.05, 4.69) is 34.3 Å². The lowest BCUT2D eigenvalue weighted by Gasteiger charge is -2.14. The summed E-state index contributed by atoms with van der Waals surface area (Å²) in [4.78, 5) is 2.23. The van der Waals surface area contributed by atoms with Crippen LogP contribution in [0.15, 0.2) is 30.3 Å². The first kappa shape index (κ1) is 16.7. The molecule has 4 rings (SSSR count). The molecule has 0 bridgehead atoms. The first-order valence-corrected chi connectivity index (χ1v) is 8.97. The number of likely N-dealkylation sites (N-methyl/N-ethyl adjacent to an activating group) is 1. The van der Waals surface area contributed by atoms with E-state index in [1.807, 2.05) is 17.6 Å². The highest BCUT2D eigenvalue weighted by molar-refractivity contribution is 7.71. The van der Waals surface area contributed by atoms with Gasteiger partial charge in [-0.1, -0.05) is 6.92 Å². The summed E-state index contributed by atoms with van der Waals surface area (Å²) in [6.45, 7) is 2.95. The van der Waals surface area contributed by atoms with Crippen LogP contribution in [0.25, 0.3) is 17.1 Å². The molecule has 1 aromatic heterocycles. The summed E-state index contributed by atoms with van der Waals surface area (Å²) in [5.74, 6) is 0.569. The summed E-state index contributed by atoms with van der Waals surface area (Å²) in [6, 6.07) is 9.32. The zero-order valence-electron chi connectivity index (χ0n) is 14.7. The number of fused-ring (bicyclic) bond motifs is 1. The van der Waals surface area contributed by atoms with E-state index in [9.17, 15) is 10.2 Å². The number of nitrogens with zero attached hydrogens (tertiary/aromatic N) is 3. The van der Waals surface area contributed by atoms with Crippen LogP contribution in [-0.2, 0) is 12.8 Å². The summed E-state index contributed by atoms with van der Waals surface area (Å²) in [5.41, 5.74) is 4.67. The highest BCUT2D eigenvalue weighted by Gasteiger charge is 2.20. The molecule has 6 nitrogen and oxygen atoms in total. The lowest BCUT2D eigenvalue weighted by Crippen LogP contribution is -2.12. The second-order valence-electron chi connectivity index (χ2n) is 6.52. The zero-order valence-corrected chi connectivity index (χ0v) is 15.5. The number of phenolic OH excluding ortho intramolecular Hbond substituents is 2. The van der Waals surface area contributed by atoms with Crippen molar-refractivity contribution in [2.45, 2.75) is 19.8 Å². The van der Waals surface area contributed by atoms with Crippen LogP contribution in [0.2, 0.25) is 0 Å². The average Bonchev–Trinajstić information content (AvgIpc) is 3.18. The Labute approximate surface area is 156 Å². The molecule has 2 heterocycles. The topological polar surface area (TPSA) is 77.3 Å². The number of aryl methyl sites for hydroxylation is 1. The Morgan fingerprint density at radius 1 is 1.19 bits per heavy atom. The van der Waals surface area contributed by atoms with Gasteiger partial charge < -0.3 is 15.1 Å². The maximum atomic E-state index is 10.4. The Hall–Kier alpha value is -2.80. The third kappa shape index (κ3) is 2.55. The van der Waals surface area contributed by atoms with Gasteiger partial charge in [-0.15, -0.1) is 0 Å². The van der Waals surface area contributed by atoms with E-state index in [0.717, 1.165) is 24.2 Å². The van der Waals surface area contributed by atoms with Gasteiger partial charge in [-0.05, 0) is 60.5 Å². The van der Waals surface area contributed by atoms with E-state index < -0.39 is 0 Å². The van der Waals surface area contributed by atoms with E-state index in [1.54, 1.807) is 6.07 Å². The molecule has 0 radical (unpaired) electrons. The summed E-state index contributed by atoms with van der Waals surface area (Å²) >= 11 is 5.44. The van der Waals surface area contributed by atoms with E-state index in [-0.39, 0.29) is 11.5 Å². The summed E-state index contributed by atoms with van der Waals surface area (Å²) in [7, 11) is 2.08. The van der Waals surface area contributed by atoms with Crippen LogP contribution in [0.5, 0.6) is 11.5 Å². The molecule has 3 N–H and O–H groups in total. The van der Waals surface area contributed by atoms with E-state index >= 15 is 0 Å². The largest absolute Gasteiger partial charge is 0.508 e. The molecule has 2 aromatic carbocycles. The van der Waals surface area contributed by atoms with E-state index in [1.165, 1.54) is 17.3 Å². The van der Waals surface area contributed by atoms with Gasteiger partial charge in [-0.25, -0.2) is 0 Å². The van der Waals surface area contributed by atoms with Gasteiger partial charge in [-0.3, -0.25) is 9.67 Å². The van der Waals surface area contributed by atoms with Gasteiger partial charge in [-0.2, -0.15) is 5.10 Å². The lowest BCUT2D eigenvalue weighted by molar-refractivity contribution is 0.447. The van der Waals surface area contributed by atoms with E-state index in [0.29, 0.717) is 22.6 Å². The molecule has 134 valence electrons. The molecule has 3 aromatic rings. The molecule has 0 spiro atoms. The van der Waals surface area contributed by atoms with Crippen LogP contribution in [0, 0.1) is 4.77 Å². The molecule has 26 heavy (non-hydrogen) atoms. The van der Waals surface area contributed by atoms with Gasteiger partial charge in [0.1, 0.15) is 11.5 Å². The predicted octanol–water partition coefficient (Wildman–Crippen LogP) is 3.56. The second-order valence-corrected chi connectivity index (χ2v) is 6.91. The minimum atomic E-state index is -0.0316. The summed E-state index contributed by atoms with van der Waals surface area (Å²) in [6.07, 6.45) is 1.64. The Morgan fingerprint density at radius 2 is 2.00 bits per heavy atom. The number of phenols is 2. The normalized spacial score (nSPS) is 13.2. The Bertz CT molecular complexity index is 1050. The van der Waals surface area contributed by atoms with Gasteiger partial charge in [0.15, 0.2) is 10.6 Å². The number of nitrogens with one attached hydrogen (secondary N) is 1. The second kappa shape index (κ2) is 6.17. The number of benzene rings is 2. The van der Waals surface area contributed by atoms with Gasteiger partial charge in [0.2, 0.25) is 0 Å². The van der Waals surface area contributed by atoms with Crippen LogP contribution in [0.4, 0.5) is 5.69 Å². The van der Waals surface area contributed by atoms with Crippen molar-refractivity contribution in [2.75, 3.05) is 18.5 Å². The van der Waals surface area contributed by atoms with Crippen molar-refractivity contribution in [2.24, 2.45) is 0 Å². The van der Waals surface area contributed by atoms with Gasteiger partial charge in [0.25, 0.3) is 0 Å². The van der Waals surface area contributed by atoms with Crippen LogP contribution in [0.3, 0.4) is 0 Å². The van der Waals surface area contributed by atoms with Crippen LogP contribution in [0.1, 0.15) is 18.1 Å². The standard InChI is InChI=1S/C19H20N4O2S/c1-3-11-9-14(17(25)10-16(11)24)18-20-21-19(26)23(18)13-4-5-15-12(8-13)6-7-22(15)2/h4-5,8-10,24-25H,3,6-7H2,1-2H3,(H,21,26). The van der Waals surface area contributed by atoms with Crippen LogP contribution < -0.4 is 4.90 Å². The Kier molecular flexibility index (Phi) is 3.96. The quantitative estimate of drug-likeness (QED) is 0.616. The molecule has 0 amide bonds. The SMILES string of the molecule is CCc1cc(-c2n[nH]c(=S)n2-c2ccc3c(c2)CCN3C)c(O)cc1O. The number of hydrogen-bond acceptors (Lipinski definition) is 5. The third-order valence-corrected chi connectivity index (χ3v) is 5.21. The first-order chi connectivity index (χ1) is 12.5. The Morgan fingerprint density at radius 3 is 2.77 bits per heavy atom. The van der Waals surface area contributed by atoms with Gasteiger partial charge in [0, 0.05) is 25.3 Å². The van der Waals surface area contributed by atoms with Gasteiger partial charge in [0.05, 0.1) is 11.3 Å². The molecule has 0 atom stereocenters. The van der Waals surface area contributed by atoms with E-state index in [4.69, 9.17) is 12.2 Å². The molecule has 0 unspecified atom stereocenters. The van der Waals surface area contributed by atoms with Crippen LogP contribution >= 0.6 is 12.2 Å². The van der Waals surface area contributed by atoms with Crippen molar-refractivity contribution < 1.29 is 10.2 Å². The number of anilines is 1. The van der Waals surface area contributed by atoms with Crippen LogP contribution in [-0.4, -0.2) is 38.6 Å². The van der Waals surface area contributed by atoms with Crippen molar-refractivity contribution in [3.05, 3.63) is 46.2 Å². The highest BCUT2D eigenvalue weighted by Crippen LogP contribution is 2.36. The maximum Gasteiger partial charge on any atom is 0.200 e. The molecule has 7 heteroatoms. The van der Waals surface area contributed by atoms with Crippen molar-refractivity contribution >= 4 is 17.9 Å². The average molecular weight is 368 g/mol. The van der Waals surface area contributed by atoms with Crippen molar-refractivity contribution in [1.82, 2.24) is 14.8 Å².